The third-order valence-corrected chi connectivity index (χ3v) is 3.66. The lowest BCUT2D eigenvalue weighted by molar-refractivity contribution is 0.331. The van der Waals surface area contributed by atoms with Crippen LogP contribution in [0.3, 0.4) is 0 Å². The zero-order valence-corrected chi connectivity index (χ0v) is 11.2. The van der Waals surface area contributed by atoms with Crippen molar-refractivity contribution in [3.63, 3.8) is 0 Å². The minimum atomic E-state index is -0.898. The maximum absolute atomic E-state index is 14.1. The summed E-state index contributed by atoms with van der Waals surface area (Å²) in [5.74, 6) is -0.0425. The highest BCUT2D eigenvalue weighted by molar-refractivity contribution is 5.39. The fraction of sp³-hybridized carbons (Fsp3) is 0.438. The molecule has 0 spiro atoms. The SMILES string of the molecule is C=CCOc1ccc([C]2CCC(C)CC2)c(F)c1F. The highest BCUT2D eigenvalue weighted by Gasteiger charge is 2.25. The smallest absolute Gasteiger partial charge is 0.200 e. The number of halogens is 2. The summed E-state index contributed by atoms with van der Waals surface area (Å²) in [6.45, 7) is 5.85. The van der Waals surface area contributed by atoms with E-state index in [2.05, 4.69) is 13.5 Å². The second-order valence-corrected chi connectivity index (χ2v) is 5.12. The molecule has 1 radical (unpaired) electrons. The molecule has 0 saturated heterocycles. The van der Waals surface area contributed by atoms with Crippen LogP contribution in [-0.4, -0.2) is 6.61 Å². The van der Waals surface area contributed by atoms with Gasteiger partial charge in [-0.25, -0.2) is 4.39 Å². The minimum Gasteiger partial charge on any atom is -0.486 e. The summed E-state index contributed by atoms with van der Waals surface area (Å²) in [4.78, 5) is 0. The van der Waals surface area contributed by atoms with E-state index in [0.29, 0.717) is 11.5 Å². The summed E-state index contributed by atoms with van der Waals surface area (Å²) in [6, 6.07) is 3.13. The molecule has 19 heavy (non-hydrogen) atoms. The van der Waals surface area contributed by atoms with Crippen LogP contribution in [0.2, 0.25) is 0 Å². The fourth-order valence-electron chi connectivity index (χ4n) is 2.44. The van der Waals surface area contributed by atoms with Gasteiger partial charge in [0.25, 0.3) is 0 Å². The maximum Gasteiger partial charge on any atom is 0.200 e. The Morgan fingerprint density at radius 1 is 1.26 bits per heavy atom. The normalized spacial score (nSPS) is 17.4. The van der Waals surface area contributed by atoms with Gasteiger partial charge in [0.15, 0.2) is 11.6 Å². The van der Waals surface area contributed by atoms with Crippen LogP contribution in [0.1, 0.15) is 38.2 Å². The molecule has 0 aliphatic heterocycles. The summed E-state index contributed by atoms with van der Waals surface area (Å²) in [6.07, 6.45) is 5.30. The van der Waals surface area contributed by atoms with E-state index in [1.54, 1.807) is 6.07 Å². The van der Waals surface area contributed by atoms with Crippen molar-refractivity contribution in [1.82, 2.24) is 0 Å². The number of benzene rings is 1. The van der Waals surface area contributed by atoms with Crippen LogP contribution < -0.4 is 4.74 Å². The van der Waals surface area contributed by atoms with Crippen molar-refractivity contribution in [3.05, 3.63) is 47.9 Å². The van der Waals surface area contributed by atoms with Gasteiger partial charge in [0.2, 0.25) is 5.82 Å². The van der Waals surface area contributed by atoms with Gasteiger partial charge in [-0.2, -0.15) is 4.39 Å². The zero-order valence-electron chi connectivity index (χ0n) is 11.2. The standard InChI is InChI=1S/C16H19F2O/c1-3-10-19-14-9-8-13(15(17)16(14)18)12-6-4-11(2)5-7-12/h3,8-9,11H,1,4-7,10H2,2H3. The van der Waals surface area contributed by atoms with Gasteiger partial charge in [-0.05, 0) is 43.2 Å². The molecule has 0 unspecified atom stereocenters. The maximum atomic E-state index is 14.1. The third kappa shape index (κ3) is 3.14. The molecule has 1 aromatic carbocycles. The van der Waals surface area contributed by atoms with E-state index in [4.69, 9.17) is 4.74 Å². The monoisotopic (exact) mass is 265 g/mol. The number of hydrogen-bond donors (Lipinski definition) is 0. The molecule has 2 rings (SSSR count). The zero-order chi connectivity index (χ0) is 13.8. The van der Waals surface area contributed by atoms with Crippen LogP contribution in [0.5, 0.6) is 5.75 Å². The Kier molecular flexibility index (Phi) is 4.56. The first-order chi connectivity index (χ1) is 9.13. The first-order valence-corrected chi connectivity index (χ1v) is 6.70. The summed E-state index contributed by atoms with van der Waals surface area (Å²) in [5.41, 5.74) is 0.412. The highest BCUT2D eigenvalue weighted by Crippen LogP contribution is 2.37. The Hall–Kier alpha value is -1.38. The van der Waals surface area contributed by atoms with Crippen LogP contribution in [0.4, 0.5) is 8.78 Å². The van der Waals surface area contributed by atoms with Crippen molar-refractivity contribution in [2.24, 2.45) is 5.92 Å². The number of ether oxygens (including phenoxy) is 1. The van der Waals surface area contributed by atoms with E-state index in [0.717, 1.165) is 31.6 Å². The first kappa shape index (κ1) is 14.0. The van der Waals surface area contributed by atoms with Gasteiger partial charge in [-0.1, -0.05) is 25.6 Å². The van der Waals surface area contributed by atoms with Gasteiger partial charge in [-0.15, -0.1) is 0 Å². The molecule has 1 aromatic rings. The molecule has 0 aromatic heterocycles. The van der Waals surface area contributed by atoms with Crippen LogP contribution in [0, 0.1) is 23.5 Å². The van der Waals surface area contributed by atoms with E-state index < -0.39 is 11.6 Å². The molecule has 0 N–H and O–H groups in total. The van der Waals surface area contributed by atoms with Crippen LogP contribution in [0.25, 0.3) is 0 Å². The lowest BCUT2D eigenvalue weighted by Gasteiger charge is -2.26. The van der Waals surface area contributed by atoms with E-state index >= 15 is 0 Å². The molecule has 0 heterocycles. The van der Waals surface area contributed by atoms with Gasteiger partial charge >= 0.3 is 0 Å². The van der Waals surface area contributed by atoms with Gasteiger partial charge in [0.05, 0.1) is 0 Å². The van der Waals surface area contributed by atoms with Crippen molar-refractivity contribution in [2.45, 2.75) is 32.6 Å². The Morgan fingerprint density at radius 3 is 2.58 bits per heavy atom. The van der Waals surface area contributed by atoms with Crippen LogP contribution in [0.15, 0.2) is 24.8 Å². The van der Waals surface area contributed by atoms with Crippen molar-refractivity contribution in [1.29, 1.82) is 0 Å². The van der Waals surface area contributed by atoms with Gasteiger partial charge in [0.1, 0.15) is 6.61 Å². The molecule has 1 aliphatic rings. The Labute approximate surface area is 113 Å². The van der Waals surface area contributed by atoms with E-state index in [1.165, 1.54) is 12.1 Å². The predicted octanol–water partition coefficient (Wildman–Crippen LogP) is 4.66. The van der Waals surface area contributed by atoms with E-state index in [9.17, 15) is 8.78 Å². The fourth-order valence-corrected chi connectivity index (χ4v) is 2.44. The van der Waals surface area contributed by atoms with Crippen LogP contribution >= 0.6 is 0 Å². The molecular formula is C16H19F2O. The van der Waals surface area contributed by atoms with Crippen molar-refractivity contribution < 1.29 is 13.5 Å². The third-order valence-electron chi connectivity index (χ3n) is 3.66. The van der Waals surface area contributed by atoms with Crippen molar-refractivity contribution in [2.75, 3.05) is 6.61 Å². The largest absolute Gasteiger partial charge is 0.486 e. The first-order valence-electron chi connectivity index (χ1n) is 6.70. The molecule has 0 amide bonds. The quantitative estimate of drug-likeness (QED) is 0.719. The molecule has 3 heteroatoms. The lowest BCUT2D eigenvalue weighted by Crippen LogP contribution is -2.13. The minimum absolute atomic E-state index is 0.0501. The molecule has 1 aliphatic carbocycles. The average Bonchev–Trinajstić information content (AvgIpc) is 2.42. The predicted molar refractivity (Wildman–Crippen MR) is 72.0 cm³/mol. The molecule has 0 atom stereocenters. The van der Waals surface area contributed by atoms with Gasteiger partial charge < -0.3 is 4.74 Å². The second kappa shape index (κ2) is 6.18. The van der Waals surface area contributed by atoms with E-state index in [-0.39, 0.29) is 12.4 Å². The topological polar surface area (TPSA) is 9.23 Å². The Bertz CT molecular complexity index is 448. The van der Waals surface area contributed by atoms with E-state index in [1.807, 2.05) is 0 Å². The Morgan fingerprint density at radius 2 is 1.95 bits per heavy atom. The Balaban J connectivity index is 2.18. The summed E-state index contributed by atoms with van der Waals surface area (Å²) < 4.78 is 33.0. The van der Waals surface area contributed by atoms with Crippen molar-refractivity contribution >= 4 is 0 Å². The van der Waals surface area contributed by atoms with Gasteiger partial charge in [-0.3, -0.25) is 0 Å². The molecule has 1 saturated carbocycles. The number of rotatable bonds is 4. The van der Waals surface area contributed by atoms with Crippen LogP contribution in [-0.2, 0) is 0 Å². The summed E-state index contributed by atoms with van der Waals surface area (Å²) >= 11 is 0. The molecular weight excluding hydrogens is 246 g/mol. The molecule has 103 valence electrons. The summed E-state index contributed by atoms with van der Waals surface area (Å²) in [7, 11) is 0. The average molecular weight is 265 g/mol. The van der Waals surface area contributed by atoms with Crippen molar-refractivity contribution in [3.8, 4) is 5.75 Å². The molecule has 1 fully saturated rings. The van der Waals surface area contributed by atoms with Gasteiger partial charge in [0, 0.05) is 5.92 Å². The summed E-state index contributed by atoms with van der Waals surface area (Å²) in [5, 5.41) is 0. The highest BCUT2D eigenvalue weighted by atomic mass is 19.2. The second-order valence-electron chi connectivity index (χ2n) is 5.12. The lowest BCUT2D eigenvalue weighted by atomic mass is 9.79. The number of hydrogen-bond acceptors (Lipinski definition) is 1. The molecule has 0 bridgehead atoms. The molecule has 1 nitrogen and oxygen atoms in total.